The van der Waals surface area contributed by atoms with Gasteiger partial charge in [0.1, 0.15) is 12.6 Å². The molecule has 3 N–H and O–H groups in total. The zero-order valence-corrected chi connectivity index (χ0v) is 10.6. The molecule has 2 atom stereocenters. The third kappa shape index (κ3) is 4.55. The normalized spacial score (nSPS) is 13.5. The van der Waals surface area contributed by atoms with Gasteiger partial charge in [-0.05, 0) is 19.4 Å². The lowest BCUT2D eigenvalue weighted by molar-refractivity contribution is -0.148. The summed E-state index contributed by atoms with van der Waals surface area (Å²) in [5, 5.41) is 2.48. The van der Waals surface area contributed by atoms with Crippen LogP contribution in [-0.4, -0.2) is 24.0 Å². The second kappa shape index (κ2) is 6.76. The first-order valence-electron chi connectivity index (χ1n) is 5.77. The first-order chi connectivity index (χ1) is 8.50. The highest BCUT2D eigenvalue weighted by Crippen LogP contribution is 2.01. The highest BCUT2D eigenvalue weighted by molar-refractivity contribution is 5.86. The molecular weight excluding hydrogens is 232 g/mol. The van der Waals surface area contributed by atoms with Crippen molar-refractivity contribution in [3.05, 3.63) is 35.9 Å². The standard InChI is InChI=1S/C13H18N2O3/c1-9(14)12(16)15-10(2)13(17)18-8-11-6-4-3-5-7-11/h3-7,9-10H,8,14H2,1-2H3,(H,15,16)/t9-,10-/m0/s1. The summed E-state index contributed by atoms with van der Waals surface area (Å²) in [7, 11) is 0. The molecule has 5 nitrogen and oxygen atoms in total. The largest absolute Gasteiger partial charge is 0.459 e. The Morgan fingerprint density at radius 3 is 2.44 bits per heavy atom. The molecule has 1 aromatic carbocycles. The molecule has 18 heavy (non-hydrogen) atoms. The van der Waals surface area contributed by atoms with Gasteiger partial charge in [0, 0.05) is 0 Å². The van der Waals surface area contributed by atoms with Gasteiger partial charge >= 0.3 is 5.97 Å². The predicted molar refractivity (Wildman–Crippen MR) is 67.5 cm³/mol. The molecule has 0 aromatic heterocycles. The van der Waals surface area contributed by atoms with Gasteiger partial charge in [-0.2, -0.15) is 0 Å². The van der Waals surface area contributed by atoms with E-state index in [1.807, 2.05) is 30.3 Å². The molecular formula is C13H18N2O3. The lowest BCUT2D eigenvalue weighted by Gasteiger charge is -2.14. The second-order valence-corrected chi connectivity index (χ2v) is 4.11. The Balaban J connectivity index is 2.39. The summed E-state index contributed by atoms with van der Waals surface area (Å²) in [6.45, 7) is 3.31. The maximum atomic E-state index is 11.6. The van der Waals surface area contributed by atoms with Gasteiger partial charge < -0.3 is 15.8 Å². The maximum absolute atomic E-state index is 11.6. The van der Waals surface area contributed by atoms with E-state index in [4.69, 9.17) is 10.5 Å². The number of ether oxygens (including phenoxy) is 1. The van der Waals surface area contributed by atoms with Gasteiger partial charge in [-0.1, -0.05) is 30.3 Å². The van der Waals surface area contributed by atoms with E-state index in [0.29, 0.717) is 0 Å². The summed E-state index contributed by atoms with van der Waals surface area (Å²) >= 11 is 0. The molecule has 0 aliphatic heterocycles. The van der Waals surface area contributed by atoms with Crippen LogP contribution in [0.25, 0.3) is 0 Å². The predicted octanol–water partition coefficient (Wildman–Crippen LogP) is 0.582. The molecule has 5 heteroatoms. The third-order valence-corrected chi connectivity index (χ3v) is 2.35. The number of esters is 1. The van der Waals surface area contributed by atoms with E-state index in [0.717, 1.165) is 5.56 Å². The third-order valence-electron chi connectivity index (χ3n) is 2.35. The van der Waals surface area contributed by atoms with Crippen molar-refractivity contribution < 1.29 is 14.3 Å². The molecule has 0 radical (unpaired) electrons. The van der Waals surface area contributed by atoms with Gasteiger partial charge in [-0.25, -0.2) is 4.79 Å². The zero-order chi connectivity index (χ0) is 13.5. The van der Waals surface area contributed by atoms with Gasteiger partial charge in [-0.15, -0.1) is 0 Å². The molecule has 0 heterocycles. The quantitative estimate of drug-likeness (QED) is 0.749. The van der Waals surface area contributed by atoms with Crippen molar-refractivity contribution in [3.8, 4) is 0 Å². The molecule has 1 aromatic rings. The molecule has 0 fully saturated rings. The van der Waals surface area contributed by atoms with Crippen molar-refractivity contribution in [1.82, 2.24) is 5.32 Å². The van der Waals surface area contributed by atoms with Crippen molar-refractivity contribution in [2.24, 2.45) is 5.73 Å². The Labute approximate surface area is 106 Å². The van der Waals surface area contributed by atoms with Crippen LogP contribution >= 0.6 is 0 Å². The van der Waals surface area contributed by atoms with E-state index in [9.17, 15) is 9.59 Å². The van der Waals surface area contributed by atoms with E-state index in [-0.39, 0.29) is 12.5 Å². The molecule has 0 spiro atoms. The second-order valence-electron chi connectivity index (χ2n) is 4.11. The lowest BCUT2D eigenvalue weighted by Crippen LogP contribution is -2.46. The summed E-state index contributed by atoms with van der Waals surface area (Å²) < 4.78 is 5.08. The van der Waals surface area contributed by atoms with Crippen LogP contribution in [0.5, 0.6) is 0 Å². The summed E-state index contributed by atoms with van der Waals surface area (Å²) in [5.74, 6) is -0.855. The Morgan fingerprint density at radius 2 is 1.89 bits per heavy atom. The summed E-state index contributed by atoms with van der Waals surface area (Å²) in [5.41, 5.74) is 6.28. The number of hydrogen-bond acceptors (Lipinski definition) is 4. The molecule has 0 aliphatic carbocycles. The van der Waals surface area contributed by atoms with Crippen molar-refractivity contribution in [2.75, 3.05) is 0 Å². The number of hydrogen-bond donors (Lipinski definition) is 2. The van der Waals surface area contributed by atoms with Gasteiger partial charge in [0.15, 0.2) is 0 Å². The van der Waals surface area contributed by atoms with E-state index in [2.05, 4.69) is 5.32 Å². The Morgan fingerprint density at radius 1 is 1.28 bits per heavy atom. The Bertz CT molecular complexity index is 404. The molecule has 0 bridgehead atoms. The van der Waals surface area contributed by atoms with Gasteiger partial charge in [-0.3, -0.25) is 4.79 Å². The lowest BCUT2D eigenvalue weighted by atomic mass is 10.2. The van der Waals surface area contributed by atoms with E-state index < -0.39 is 18.1 Å². The van der Waals surface area contributed by atoms with Crippen molar-refractivity contribution in [2.45, 2.75) is 32.5 Å². The number of carbonyl (C=O) groups excluding carboxylic acids is 2. The number of nitrogens with two attached hydrogens (primary N) is 1. The highest BCUT2D eigenvalue weighted by Gasteiger charge is 2.18. The number of benzene rings is 1. The van der Waals surface area contributed by atoms with Crippen molar-refractivity contribution >= 4 is 11.9 Å². The molecule has 1 rings (SSSR count). The van der Waals surface area contributed by atoms with Crippen molar-refractivity contribution in [1.29, 1.82) is 0 Å². The average molecular weight is 250 g/mol. The fraction of sp³-hybridized carbons (Fsp3) is 0.385. The highest BCUT2D eigenvalue weighted by atomic mass is 16.5. The number of carbonyl (C=O) groups is 2. The fourth-order valence-corrected chi connectivity index (χ4v) is 1.26. The molecule has 98 valence electrons. The first kappa shape index (κ1) is 14.2. The SMILES string of the molecule is C[C@H](N)C(=O)N[C@@H](C)C(=O)OCc1ccccc1. The molecule has 0 unspecified atom stereocenters. The minimum atomic E-state index is -0.702. The van der Waals surface area contributed by atoms with Crippen LogP contribution < -0.4 is 11.1 Å². The number of nitrogens with one attached hydrogen (secondary N) is 1. The van der Waals surface area contributed by atoms with Gasteiger partial charge in [0.2, 0.25) is 5.91 Å². The van der Waals surface area contributed by atoms with Gasteiger partial charge in [0.25, 0.3) is 0 Å². The summed E-state index contributed by atoms with van der Waals surface area (Å²) in [4.78, 5) is 22.9. The van der Waals surface area contributed by atoms with E-state index >= 15 is 0 Å². The van der Waals surface area contributed by atoms with Crippen LogP contribution in [-0.2, 0) is 20.9 Å². The number of amides is 1. The average Bonchev–Trinajstić information content (AvgIpc) is 2.36. The van der Waals surface area contributed by atoms with Crippen LogP contribution in [0.3, 0.4) is 0 Å². The van der Waals surface area contributed by atoms with Crippen LogP contribution in [0.1, 0.15) is 19.4 Å². The minimum absolute atomic E-state index is 0.193. The smallest absolute Gasteiger partial charge is 0.328 e. The van der Waals surface area contributed by atoms with Crippen LogP contribution in [0, 0.1) is 0 Å². The molecule has 0 saturated heterocycles. The number of rotatable bonds is 5. The van der Waals surface area contributed by atoms with E-state index in [1.165, 1.54) is 0 Å². The Kier molecular flexibility index (Phi) is 5.32. The van der Waals surface area contributed by atoms with E-state index in [1.54, 1.807) is 13.8 Å². The fourth-order valence-electron chi connectivity index (χ4n) is 1.26. The van der Waals surface area contributed by atoms with Crippen LogP contribution in [0.4, 0.5) is 0 Å². The molecule has 0 saturated carbocycles. The maximum Gasteiger partial charge on any atom is 0.328 e. The molecule has 0 aliphatic rings. The molecule has 1 amide bonds. The minimum Gasteiger partial charge on any atom is -0.459 e. The zero-order valence-electron chi connectivity index (χ0n) is 10.6. The topological polar surface area (TPSA) is 81.4 Å². The monoisotopic (exact) mass is 250 g/mol. The summed E-state index contributed by atoms with van der Waals surface area (Å²) in [6, 6.07) is 7.99. The summed E-state index contributed by atoms with van der Waals surface area (Å²) in [6.07, 6.45) is 0. The van der Waals surface area contributed by atoms with Crippen molar-refractivity contribution in [3.63, 3.8) is 0 Å². The van der Waals surface area contributed by atoms with Crippen LogP contribution in [0.15, 0.2) is 30.3 Å². The Hall–Kier alpha value is -1.88. The van der Waals surface area contributed by atoms with Gasteiger partial charge in [0.05, 0.1) is 6.04 Å². The van der Waals surface area contributed by atoms with Crippen LogP contribution in [0.2, 0.25) is 0 Å². The first-order valence-corrected chi connectivity index (χ1v) is 5.77.